The molecule has 20 heavy (non-hydrogen) atoms. The minimum atomic E-state index is -0.133. The standard InChI is InChI=1S/C14H8N4OS/c19-12(10-8-16-14-15-6-3-7-18(10)14)13-17-9-4-1-2-5-11(9)20-13/h1-8H. The van der Waals surface area contributed by atoms with Gasteiger partial charge in [-0.15, -0.1) is 11.3 Å². The summed E-state index contributed by atoms with van der Waals surface area (Å²) in [5.41, 5.74) is 1.32. The fraction of sp³-hybridized carbons (Fsp3) is 0. The van der Waals surface area contributed by atoms with E-state index in [4.69, 9.17) is 0 Å². The van der Waals surface area contributed by atoms with Crippen molar-refractivity contribution < 1.29 is 4.79 Å². The van der Waals surface area contributed by atoms with Crippen molar-refractivity contribution in [3.8, 4) is 0 Å². The van der Waals surface area contributed by atoms with Crippen LogP contribution in [-0.2, 0) is 0 Å². The van der Waals surface area contributed by atoms with Crippen LogP contribution in [0.2, 0.25) is 0 Å². The predicted octanol–water partition coefficient (Wildman–Crippen LogP) is 2.57. The highest BCUT2D eigenvalue weighted by Crippen LogP contribution is 2.23. The zero-order chi connectivity index (χ0) is 13.5. The summed E-state index contributed by atoms with van der Waals surface area (Å²) in [7, 11) is 0. The normalized spacial score (nSPS) is 11.2. The Labute approximate surface area is 117 Å². The number of carbonyl (C=O) groups excluding carboxylic acids is 1. The lowest BCUT2D eigenvalue weighted by atomic mass is 10.3. The molecule has 0 aliphatic carbocycles. The number of hydrogen-bond acceptors (Lipinski definition) is 5. The minimum absolute atomic E-state index is 0.133. The number of hydrogen-bond donors (Lipinski definition) is 0. The Morgan fingerprint density at radius 3 is 2.95 bits per heavy atom. The maximum atomic E-state index is 12.6. The number of rotatable bonds is 2. The Balaban J connectivity index is 1.87. The maximum absolute atomic E-state index is 12.6. The molecule has 0 fully saturated rings. The SMILES string of the molecule is O=C(c1nc2ccccc2s1)c1cnc2ncccn12. The maximum Gasteiger partial charge on any atom is 0.239 e. The van der Waals surface area contributed by atoms with Crippen LogP contribution < -0.4 is 0 Å². The molecule has 1 aromatic carbocycles. The van der Waals surface area contributed by atoms with Crippen molar-refractivity contribution in [3.05, 3.63) is 59.6 Å². The van der Waals surface area contributed by atoms with Gasteiger partial charge in [-0.2, -0.15) is 0 Å². The van der Waals surface area contributed by atoms with Gasteiger partial charge < -0.3 is 0 Å². The van der Waals surface area contributed by atoms with Crippen molar-refractivity contribution in [2.45, 2.75) is 0 Å². The van der Waals surface area contributed by atoms with Gasteiger partial charge in [0.25, 0.3) is 0 Å². The molecule has 0 unspecified atom stereocenters. The predicted molar refractivity (Wildman–Crippen MR) is 76.0 cm³/mol. The van der Waals surface area contributed by atoms with Gasteiger partial charge in [0.1, 0.15) is 5.69 Å². The summed E-state index contributed by atoms with van der Waals surface area (Å²) in [5.74, 6) is 0.378. The van der Waals surface area contributed by atoms with E-state index >= 15 is 0 Å². The largest absolute Gasteiger partial charge is 0.284 e. The topological polar surface area (TPSA) is 60.2 Å². The van der Waals surface area contributed by atoms with Crippen LogP contribution in [-0.4, -0.2) is 25.1 Å². The van der Waals surface area contributed by atoms with Crippen LogP contribution in [0.15, 0.2) is 48.9 Å². The molecule has 4 rings (SSSR count). The fourth-order valence-electron chi connectivity index (χ4n) is 2.07. The van der Waals surface area contributed by atoms with Gasteiger partial charge in [-0.25, -0.2) is 15.0 Å². The Bertz CT molecular complexity index is 907. The average molecular weight is 280 g/mol. The molecule has 0 aliphatic rings. The highest BCUT2D eigenvalue weighted by molar-refractivity contribution is 7.20. The molecule has 0 saturated carbocycles. The van der Waals surface area contributed by atoms with E-state index in [1.807, 2.05) is 24.3 Å². The van der Waals surface area contributed by atoms with Gasteiger partial charge in [0.2, 0.25) is 11.6 Å². The lowest BCUT2D eigenvalue weighted by Crippen LogP contribution is -2.04. The van der Waals surface area contributed by atoms with Crippen molar-refractivity contribution in [3.63, 3.8) is 0 Å². The first-order valence-corrected chi connectivity index (χ1v) is 6.83. The minimum Gasteiger partial charge on any atom is -0.284 e. The first kappa shape index (κ1) is 11.2. The van der Waals surface area contributed by atoms with Crippen LogP contribution in [0, 0.1) is 0 Å². The molecule has 96 valence electrons. The Kier molecular flexibility index (Phi) is 2.37. The third-order valence-corrected chi connectivity index (χ3v) is 4.04. The van der Waals surface area contributed by atoms with Crippen molar-refractivity contribution in [2.75, 3.05) is 0 Å². The fourth-order valence-corrected chi connectivity index (χ4v) is 2.99. The van der Waals surface area contributed by atoms with E-state index in [9.17, 15) is 4.79 Å². The van der Waals surface area contributed by atoms with Crippen LogP contribution in [0.4, 0.5) is 0 Å². The highest BCUT2D eigenvalue weighted by atomic mass is 32.1. The first-order valence-electron chi connectivity index (χ1n) is 6.01. The van der Waals surface area contributed by atoms with E-state index in [1.54, 1.807) is 22.9 Å². The molecule has 6 heteroatoms. The van der Waals surface area contributed by atoms with Crippen LogP contribution in [0.5, 0.6) is 0 Å². The zero-order valence-electron chi connectivity index (χ0n) is 10.2. The van der Waals surface area contributed by atoms with Gasteiger partial charge in [0, 0.05) is 12.4 Å². The van der Waals surface area contributed by atoms with Gasteiger partial charge in [-0.05, 0) is 18.2 Å². The second-order valence-electron chi connectivity index (χ2n) is 4.25. The lowest BCUT2D eigenvalue weighted by molar-refractivity contribution is 0.103. The van der Waals surface area contributed by atoms with Crippen molar-refractivity contribution in [1.82, 2.24) is 19.4 Å². The number of aromatic nitrogens is 4. The molecule has 0 spiro atoms. The van der Waals surface area contributed by atoms with E-state index in [0.717, 1.165) is 10.2 Å². The van der Waals surface area contributed by atoms with Gasteiger partial charge in [-0.3, -0.25) is 9.20 Å². The van der Waals surface area contributed by atoms with E-state index in [-0.39, 0.29) is 5.78 Å². The smallest absolute Gasteiger partial charge is 0.239 e. The number of carbonyl (C=O) groups is 1. The van der Waals surface area contributed by atoms with E-state index in [0.29, 0.717) is 16.5 Å². The number of fused-ring (bicyclic) bond motifs is 2. The van der Waals surface area contributed by atoms with E-state index < -0.39 is 0 Å². The van der Waals surface area contributed by atoms with Gasteiger partial charge in [0.15, 0.2) is 5.01 Å². The molecule has 0 atom stereocenters. The second-order valence-corrected chi connectivity index (χ2v) is 5.28. The summed E-state index contributed by atoms with van der Waals surface area (Å²) in [5, 5.41) is 0.469. The molecule has 0 saturated heterocycles. The van der Waals surface area contributed by atoms with Gasteiger partial charge in [0.05, 0.1) is 16.4 Å². The second kappa shape index (κ2) is 4.21. The number of thiazole rings is 1. The Hall–Kier alpha value is -2.60. The van der Waals surface area contributed by atoms with E-state index in [2.05, 4.69) is 15.0 Å². The zero-order valence-corrected chi connectivity index (χ0v) is 11.0. The van der Waals surface area contributed by atoms with Crippen molar-refractivity contribution >= 4 is 33.1 Å². The Morgan fingerprint density at radius 1 is 1.15 bits per heavy atom. The molecular weight excluding hydrogens is 272 g/mol. The molecule has 3 heterocycles. The summed E-state index contributed by atoms with van der Waals surface area (Å²) >= 11 is 1.39. The number of benzene rings is 1. The molecule has 0 N–H and O–H groups in total. The van der Waals surface area contributed by atoms with Crippen LogP contribution >= 0.6 is 11.3 Å². The van der Waals surface area contributed by atoms with Gasteiger partial charge >= 0.3 is 0 Å². The summed E-state index contributed by atoms with van der Waals surface area (Å²) in [6.45, 7) is 0. The average Bonchev–Trinajstić information content (AvgIpc) is 3.10. The molecule has 4 aromatic rings. The third-order valence-electron chi connectivity index (χ3n) is 3.01. The molecule has 5 nitrogen and oxygen atoms in total. The van der Waals surface area contributed by atoms with Crippen LogP contribution in [0.1, 0.15) is 15.5 Å². The van der Waals surface area contributed by atoms with Gasteiger partial charge in [-0.1, -0.05) is 12.1 Å². The van der Waals surface area contributed by atoms with Crippen LogP contribution in [0.3, 0.4) is 0 Å². The summed E-state index contributed by atoms with van der Waals surface area (Å²) in [6.07, 6.45) is 4.96. The summed E-state index contributed by atoms with van der Waals surface area (Å²) < 4.78 is 2.68. The molecule has 0 bridgehead atoms. The monoisotopic (exact) mass is 280 g/mol. The molecule has 0 amide bonds. The summed E-state index contributed by atoms with van der Waals surface area (Å²) in [4.78, 5) is 25.2. The number of imidazole rings is 1. The number of ketones is 1. The van der Waals surface area contributed by atoms with E-state index in [1.165, 1.54) is 17.5 Å². The molecular formula is C14H8N4OS. The Morgan fingerprint density at radius 2 is 2.05 bits per heavy atom. The number of nitrogens with zero attached hydrogens (tertiary/aromatic N) is 4. The third kappa shape index (κ3) is 1.62. The molecule has 0 aliphatic heterocycles. The molecule has 0 radical (unpaired) electrons. The van der Waals surface area contributed by atoms with Crippen LogP contribution in [0.25, 0.3) is 16.0 Å². The lowest BCUT2D eigenvalue weighted by Gasteiger charge is -1.96. The van der Waals surface area contributed by atoms with Crippen molar-refractivity contribution in [1.29, 1.82) is 0 Å². The quantitative estimate of drug-likeness (QED) is 0.529. The van der Waals surface area contributed by atoms with Crippen molar-refractivity contribution in [2.24, 2.45) is 0 Å². The summed E-state index contributed by atoms with van der Waals surface area (Å²) in [6, 6.07) is 9.48. The molecule has 3 aromatic heterocycles. The first-order chi connectivity index (χ1) is 9.83. The number of para-hydroxylation sites is 1. The highest BCUT2D eigenvalue weighted by Gasteiger charge is 2.18.